The lowest BCUT2D eigenvalue weighted by Gasteiger charge is -2.27. The summed E-state index contributed by atoms with van der Waals surface area (Å²) in [5.74, 6) is 0.926. The van der Waals surface area contributed by atoms with Crippen LogP contribution in [0.25, 0.3) is 0 Å². The zero-order valence-electron chi connectivity index (χ0n) is 16.9. The SMILES string of the molecule is N#CNC1=NC(c2ccccc2OCc2ccc(Cl)cc2Cl)c2c(nc(N)c(C#N)c2N)N1. The Labute approximate surface area is 199 Å². The first-order valence-electron chi connectivity index (χ1n) is 9.57. The summed E-state index contributed by atoms with van der Waals surface area (Å²) in [7, 11) is 0. The maximum atomic E-state index is 9.50. The molecule has 0 aliphatic carbocycles. The van der Waals surface area contributed by atoms with Gasteiger partial charge < -0.3 is 21.5 Å². The van der Waals surface area contributed by atoms with Gasteiger partial charge in [-0.05, 0) is 18.2 Å². The second kappa shape index (κ2) is 9.13. The van der Waals surface area contributed by atoms with Gasteiger partial charge in [0.1, 0.15) is 41.7 Å². The molecular weight excluding hydrogens is 463 g/mol. The van der Waals surface area contributed by atoms with Crippen molar-refractivity contribution in [3.8, 4) is 18.0 Å². The number of guanidine groups is 1. The molecule has 0 fully saturated rings. The Morgan fingerprint density at radius 1 is 1.15 bits per heavy atom. The Morgan fingerprint density at radius 3 is 2.67 bits per heavy atom. The second-order valence-corrected chi connectivity index (χ2v) is 7.81. The van der Waals surface area contributed by atoms with E-state index >= 15 is 0 Å². The smallest absolute Gasteiger partial charge is 0.211 e. The number of rotatable bonds is 4. The van der Waals surface area contributed by atoms with E-state index < -0.39 is 6.04 Å². The monoisotopic (exact) mass is 478 g/mol. The molecule has 0 saturated heterocycles. The van der Waals surface area contributed by atoms with E-state index in [2.05, 4.69) is 20.6 Å². The highest BCUT2D eigenvalue weighted by Gasteiger charge is 2.31. The van der Waals surface area contributed by atoms with Crippen LogP contribution in [0, 0.1) is 22.8 Å². The van der Waals surface area contributed by atoms with E-state index in [-0.39, 0.29) is 35.5 Å². The van der Waals surface area contributed by atoms with Gasteiger partial charge in [-0.1, -0.05) is 47.5 Å². The molecule has 2 aromatic carbocycles. The van der Waals surface area contributed by atoms with Gasteiger partial charge in [-0.2, -0.15) is 10.5 Å². The predicted octanol–water partition coefficient (Wildman–Crippen LogP) is 3.95. The predicted molar refractivity (Wildman–Crippen MR) is 127 cm³/mol. The van der Waals surface area contributed by atoms with Gasteiger partial charge in [0.25, 0.3) is 0 Å². The van der Waals surface area contributed by atoms with Crippen LogP contribution in [0.5, 0.6) is 5.75 Å². The van der Waals surface area contributed by atoms with Gasteiger partial charge in [0.2, 0.25) is 5.96 Å². The number of anilines is 3. The van der Waals surface area contributed by atoms with Crippen LogP contribution in [0.1, 0.15) is 28.3 Å². The lowest BCUT2D eigenvalue weighted by atomic mass is 9.94. The average Bonchev–Trinajstić information content (AvgIpc) is 2.78. The van der Waals surface area contributed by atoms with Crippen LogP contribution in [0.2, 0.25) is 10.0 Å². The molecule has 3 aromatic rings. The summed E-state index contributed by atoms with van der Waals surface area (Å²) in [6.45, 7) is 0.177. The molecule has 9 nitrogen and oxygen atoms in total. The van der Waals surface area contributed by atoms with Gasteiger partial charge in [-0.3, -0.25) is 5.32 Å². The number of nitrogens with zero attached hydrogens (tertiary/aromatic N) is 4. The van der Waals surface area contributed by atoms with Crippen LogP contribution in [0.15, 0.2) is 47.5 Å². The zero-order valence-corrected chi connectivity index (χ0v) is 18.4. The molecule has 0 saturated carbocycles. The summed E-state index contributed by atoms with van der Waals surface area (Å²) >= 11 is 12.2. The largest absolute Gasteiger partial charge is 0.488 e. The number of fused-ring (bicyclic) bond motifs is 1. The van der Waals surface area contributed by atoms with E-state index in [4.69, 9.17) is 44.7 Å². The minimum Gasteiger partial charge on any atom is -0.488 e. The molecule has 1 aliphatic rings. The highest BCUT2D eigenvalue weighted by Crippen LogP contribution is 2.43. The third kappa shape index (κ3) is 4.28. The van der Waals surface area contributed by atoms with E-state index in [1.54, 1.807) is 24.3 Å². The number of hydrogen-bond acceptors (Lipinski definition) is 9. The molecule has 6 N–H and O–H groups in total. The van der Waals surface area contributed by atoms with Gasteiger partial charge >= 0.3 is 0 Å². The third-order valence-corrected chi connectivity index (χ3v) is 5.56. The highest BCUT2D eigenvalue weighted by atomic mass is 35.5. The number of nitriles is 2. The summed E-state index contributed by atoms with van der Waals surface area (Å²) < 4.78 is 6.07. The number of para-hydroxylation sites is 1. The molecule has 0 spiro atoms. The first kappa shape index (κ1) is 22.0. The van der Waals surface area contributed by atoms with Crippen LogP contribution >= 0.6 is 23.2 Å². The van der Waals surface area contributed by atoms with E-state index in [0.29, 0.717) is 26.9 Å². The van der Waals surface area contributed by atoms with Crippen molar-refractivity contribution >= 4 is 46.5 Å². The molecule has 33 heavy (non-hydrogen) atoms. The number of nitrogen functional groups attached to an aromatic ring is 2. The molecule has 0 amide bonds. The lowest BCUT2D eigenvalue weighted by molar-refractivity contribution is 0.302. The number of hydrogen-bond donors (Lipinski definition) is 4. The van der Waals surface area contributed by atoms with E-state index in [1.807, 2.05) is 30.5 Å². The van der Waals surface area contributed by atoms with Gasteiger partial charge in [0.05, 0.1) is 5.69 Å². The minimum absolute atomic E-state index is 0.0277. The maximum absolute atomic E-state index is 9.50. The van der Waals surface area contributed by atoms with Crippen molar-refractivity contribution in [1.29, 1.82) is 10.5 Å². The molecule has 4 rings (SSSR count). The molecule has 0 radical (unpaired) electrons. The normalized spacial score (nSPS) is 14.2. The van der Waals surface area contributed by atoms with E-state index in [1.165, 1.54) is 0 Å². The van der Waals surface area contributed by atoms with Crippen molar-refractivity contribution in [2.75, 3.05) is 16.8 Å². The molecule has 164 valence electrons. The number of aromatic nitrogens is 1. The van der Waals surface area contributed by atoms with Crippen molar-refractivity contribution in [2.45, 2.75) is 12.6 Å². The van der Waals surface area contributed by atoms with Crippen molar-refractivity contribution in [3.63, 3.8) is 0 Å². The topological polar surface area (TPSA) is 158 Å². The fourth-order valence-corrected chi connectivity index (χ4v) is 3.90. The first-order chi connectivity index (χ1) is 15.9. The number of pyridine rings is 1. The quantitative estimate of drug-likeness (QED) is 0.324. The molecular formula is C22H16Cl2N8O. The Bertz CT molecular complexity index is 1360. The zero-order chi connectivity index (χ0) is 23.5. The van der Waals surface area contributed by atoms with Crippen molar-refractivity contribution < 1.29 is 4.74 Å². The summed E-state index contributed by atoms with van der Waals surface area (Å²) in [6, 6.07) is 13.6. The van der Waals surface area contributed by atoms with Crippen LogP contribution in [-0.2, 0) is 6.61 Å². The summed E-state index contributed by atoms with van der Waals surface area (Å²) in [6.07, 6.45) is 1.82. The van der Waals surface area contributed by atoms with Crippen molar-refractivity contribution in [1.82, 2.24) is 10.3 Å². The Balaban J connectivity index is 1.79. The molecule has 1 aliphatic heterocycles. The fraction of sp³-hybridized carbons (Fsp3) is 0.0909. The standard InChI is InChI=1S/C22H16Cl2N8O/c23-12-6-5-11(15(24)7-12)9-33-16-4-2-1-3-13(16)19-17-18(27)14(8-25)20(28)31-21(17)32-22(30-19)29-10-26/h1-7,19H,9H2,(H6,27,28,29,30,31,32). The third-order valence-electron chi connectivity index (χ3n) is 4.97. The Hall–Kier alpha value is -4.18. The number of aliphatic imine (C=N–C) groups is 1. The number of benzene rings is 2. The highest BCUT2D eigenvalue weighted by molar-refractivity contribution is 6.35. The lowest BCUT2D eigenvalue weighted by Crippen LogP contribution is -2.32. The first-order valence-corrected chi connectivity index (χ1v) is 10.3. The van der Waals surface area contributed by atoms with Gasteiger partial charge in [-0.25, -0.2) is 9.98 Å². The van der Waals surface area contributed by atoms with E-state index in [9.17, 15) is 5.26 Å². The van der Waals surface area contributed by atoms with Crippen LogP contribution in [-0.4, -0.2) is 10.9 Å². The second-order valence-electron chi connectivity index (χ2n) is 6.96. The number of nitrogens with one attached hydrogen (secondary N) is 2. The van der Waals surface area contributed by atoms with Crippen LogP contribution < -0.4 is 26.8 Å². The number of nitrogens with two attached hydrogens (primary N) is 2. The number of ether oxygens (including phenoxy) is 1. The molecule has 1 atom stereocenters. The fourth-order valence-electron chi connectivity index (χ4n) is 3.44. The average molecular weight is 479 g/mol. The maximum Gasteiger partial charge on any atom is 0.211 e. The van der Waals surface area contributed by atoms with Gasteiger partial charge in [0, 0.05) is 26.7 Å². The van der Waals surface area contributed by atoms with Gasteiger partial charge in [-0.15, -0.1) is 0 Å². The van der Waals surface area contributed by atoms with Crippen LogP contribution in [0.4, 0.5) is 17.3 Å². The summed E-state index contributed by atoms with van der Waals surface area (Å²) in [4.78, 5) is 8.83. The van der Waals surface area contributed by atoms with Gasteiger partial charge in [0.15, 0.2) is 6.19 Å². The number of halogens is 2. The van der Waals surface area contributed by atoms with Crippen molar-refractivity contribution in [2.24, 2.45) is 4.99 Å². The Kier molecular flexibility index (Phi) is 6.09. The van der Waals surface area contributed by atoms with E-state index in [0.717, 1.165) is 5.56 Å². The summed E-state index contributed by atoms with van der Waals surface area (Å²) in [5, 5.41) is 24.9. The Morgan fingerprint density at radius 2 is 1.94 bits per heavy atom. The molecule has 2 heterocycles. The molecule has 1 aromatic heterocycles. The van der Waals surface area contributed by atoms with Crippen molar-refractivity contribution in [3.05, 3.63) is 74.8 Å². The van der Waals surface area contributed by atoms with Crippen LogP contribution in [0.3, 0.4) is 0 Å². The molecule has 0 bridgehead atoms. The minimum atomic E-state index is -0.728. The summed E-state index contributed by atoms with van der Waals surface area (Å²) in [5.41, 5.74) is 14.2. The molecule has 11 heteroatoms. The molecule has 1 unspecified atom stereocenters.